The lowest BCUT2D eigenvalue weighted by Gasteiger charge is -2.39. The normalized spacial score (nSPS) is 24.3. The van der Waals surface area contributed by atoms with Crippen molar-refractivity contribution >= 4 is 17.3 Å². The van der Waals surface area contributed by atoms with E-state index in [2.05, 4.69) is 11.8 Å². The zero-order valence-corrected chi connectivity index (χ0v) is 11.6. The van der Waals surface area contributed by atoms with Crippen LogP contribution in [-0.2, 0) is 10.6 Å². The van der Waals surface area contributed by atoms with Gasteiger partial charge in [-0.05, 0) is 43.5 Å². The van der Waals surface area contributed by atoms with Crippen LogP contribution >= 0.6 is 11.6 Å². The Hall–Kier alpha value is -0.800. The van der Waals surface area contributed by atoms with E-state index in [0.717, 1.165) is 30.6 Å². The molecule has 2 atom stereocenters. The van der Waals surface area contributed by atoms with Crippen LogP contribution in [0.5, 0.6) is 0 Å². The molecule has 2 unspecified atom stereocenters. The van der Waals surface area contributed by atoms with Crippen molar-refractivity contribution in [3.05, 3.63) is 29.6 Å². The van der Waals surface area contributed by atoms with E-state index >= 15 is 0 Å². The molecule has 0 spiro atoms. The highest BCUT2D eigenvalue weighted by molar-refractivity contribution is 6.17. The molecule has 0 saturated carbocycles. The zero-order chi connectivity index (χ0) is 13.1. The van der Waals surface area contributed by atoms with E-state index in [4.69, 9.17) is 16.3 Å². The number of anilines is 1. The van der Waals surface area contributed by atoms with Gasteiger partial charge < -0.3 is 9.64 Å². The smallest absolute Gasteiger partial charge is 0.123 e. The molecule has 0 bridgehead atoms. The summed E-state index contributed by atoms with van der Waals surface area (Å²) in [4.78, 5) is 2.30. The van der Waals surface area contributed by atoms with Gasteiger partial charge in [-0.3, -0.25) is 0 Å². The lowest BCUT2D eigenvalue weighted by atomic mass is 9.98. The maximum Gasteiger partial charge on any atom is 0.123 e. The number of hydrogen-bond donors (Lipinski definition) is 0. The van der Waals surface area contributed by atoms with Crippen LogP contribution in [0.4, 0.5) is 10.1 Å². The van der Waals surface area contributed by atoms with Gasteiger partial charge in [-0.1, -0.05) is 0 Å². The molecule has 1 saturated heterocycles. The van der Waals surface area contributed by atoms with Gasteiger partial charge in [0.1, 0.15) is 5.82 Å². The minimum Gasteiger partial charge on any atom is -0.381 e. The third kappa shape index (κ3) is 2.78. The second-order valence-corrected chi connectivity index (χ2v) is 5.10. The molecule has 18 heavy (non-hydrogen) atoms. The van der Waals surface area contributed by atoms with Crippen molar-refractivity contribution in [2.24, 2.45) is 0 Å². The van der Waals surface area contributed by atoms with E-state index in [1.54, 1.807) is 7.11 Å². The van der Waals surface area contributed by atoms with Gasteiger partial charge in [-0.2, -0.15) is 0 Å². The molecule has 1 aliphatic rings. The van der Waals surface area contributed by atoms with Crippen LogP contribution in [0.3, 0.4) is 0 Å². The average molecular weight is 272 g/mol. The molecule has 0 radical (unpaired) electrons. The summed E-state index contributed by atoms with van der Waals surface area (Å²) in [5.41, 5.74) is 1.91. The highest BCUT2D eigenvalue weighted by Gasteiger charge is 2.26. The summed E-state index contributed by atoms with van der Waals surface area (Å²) in [7, 11) is 1.76. The summed E-state index contributed by atoms with van der Waals surface area (Å²) in [5.74, 6) is 0.109. The Morgan fingerprint density at radius 2 is 2.28 bits per heavy atom. The number of hydrogen-bond acceptors (Lipinski definition) is 2. The molecular formula is C14H19ClFNO. The van der Waals surface area contributed by atoms with Crippen LogP contribution in [0.2, 0.25) is 0 Å². The number of methoxy groups -OCH3 is 1. The van der Waals surface area contributed by atoms with Gasteiger partial charge in [0.2, 0.25) is 0 Å². The highest BCUT2D eigenvalue weighted by Crippen LogP contribution is 2.30. The molecule has 2 rings (SSSR count). The fourth-order valence-electron chi connectivity index (χ4n) is 2.64. The highest BCUT2D eigenvalue weighted by atomic mass is 35.5. The van der Waals surface area contributed by atoms with E-state index in [9.17, 15) is 4.39 Å². The second-order valence-electron chi connectivity index (χ2n) is 4.83. The van der Waals surface area contributed by atoms with Crippen LogP contribution in [0, 0.1) is 5.82 Å². The van der Waals surface area contributed by atoms with E-state index in [1.165, 1.54) is 12.1 Å². The minimum atomic E-state index is -0.228. The first-order valence-electron chi connectivity index (χ1n) is 6.29. The van der Waals surface area contributed by atoms with Crippen LogP contribution in [-0.4, -0.2) is 25.8 Å². The molecule has 1 aromatic carbocycles. The monoisotopic (exact) mass is 271 g/mol. The Morgan fingerprint density at radius 1 is 1.50 bits per heavy atom. The summed E-state index contributed by atoms with van der Waals surface area (Å²) in [6, 6.07) is 5.24. The summed E-state index contributed by atoms with van der Waals surface area (Å²) in [5, 5.41) is 0. The van der Waals surface area contributed by atoms with Gasteiger partial charge in [0.05, 0.1) is 6.10 Å². The maximum atomic E-state index is 13.2. The van der Waals surface area contributed by atoms with Gasteiger partial charge in [0.15, 0.2) is 0 Å². The van der Waals surface area contributed by atoms with E-state index < -0.39 is 0 Å². The van der Waals surface area contributed by atoms with Crippen molar-refractivity contribution in [3.8, 4) is 0 Å². The van der Waals surface area contributed by atoms with Crippen molar-refractivity contribution < 1.29 is 9.13 Å². The van der Waals surface area contributed by atoms with Gasteiger partial charge >= 0.3 is 0 Å². The fraction of sp³-hybridized carbons (Fsp3) is 0.571. The number of halogens is 2. The number of ether oxygens (including phenoxy) is 1. The Kier molecular flexibility index (Phi) is 4.46. The second kappa shape index (κ2) is 5.89. The summed E-state index contributed by atoms with van der Waals surface area (Å²) in [6.07, 6.45) is 2.33. The molecule has 1 aliphatic heterocycles. The van der Waals surface area contributed by atoms with Gasteiger partial charge in [0, 0.05) is 31.3 Å². The Bertz CT molecular complexity index is 413. The molecule has 2 nitrogen and oxygen atoms in total. The molecule has 0 aromatic heterocycles. The first-order valence-corrected chi connectivity index (χ1v) is 6.83. The topological polar surface area (TPSA) is 12.5 Å². The van der Waals surface area contributed by atoms with Gasteiger partial charge in [-0.15, -0.1) is 11.6 Å². The standard InChI is InChI=1S/C14H19ClFNO/c1-10-7-13(18-2)5-6-17(10)14-4-3-12(16)8-11(14)9-15/h3-4,8,10,13H,5-7,9H2,1-2H3. The lowest BCUT2D eigenvalue weighted by molar-refractivity contribution is 0.0721. The predicted octanol–water partition coefficient (Wildman–Crippen LogP) is 3.57. The summed E-state index contributed by atoms with van der Waals surface area (Å²) in [6.45, 7) is 3.10. The summed E-state index contributed by atoms with van der Waals surface area (Å²) < 4.78 is 18.6. The molecule has 0 N–H and O–H groups in total. The zero-order valence-electron chi connectivity index (χ0n) is 10.8. The molecular weight excluding hydrogens is 253 g/mol. The summed E-state index contributed by atoms with van der Waals surface area (Å²) >= 11 is 5.91. The largest absolute Gasteiger partial charge is 0.381 e. The van der Waals surface area contributed by atoms with E-state index in [1.807, 2.05) is 6.07 Å². The van der Waals surface area contributed by atoms with Crippen LogP contribution < -0.4 is 4.90 Å². The number of alkyl halides is 1. The van der Waals surface area contributed by atoms with Crippen LogP contribution in [0.1, 0.15) is 25.3 Å². The van der Waals surface area contributed by atoms with E-state index in [-0.39, 0.29) is 5.82 Å². The number of piperidine rings is 1. The SMILES string of the molecule is COC1CCN(c2ccc(F)cc2CCl)C(C)C1. The molecule has 4 heteroatoms. The van der Waals surface area contributed by atoms with E-state index in [0.29, 0.717) is 18.0 Å². The minimum absolute atomic E-state index is 0.228. The molecule has 100 valence electrons. The number of nitrogens with zero attached hydrogens (tertiary/aromatic N) is 1. The van der Waals surface area contributed by atoms with Crippen molar-refractivity contribution in [2.45, 2.75) is 37.8 Å². The van der Waals surface area contributed by atoms with Gasteiger partial charge in [-0.25, -0.2) is 4.39 Å². The number of rotatable bonds is 3. The molecule has 1 heterocycles. The molecule has 1 fully saturated rings. The van der Waals surface area contributed by atoms with Crippen molar-refractivity contribution in [3.63, 3.8) is 0 Å². The molecule has 0 amide bonds. The van der Waals surface area contributed by atoms with Crippen molar-refractivity contribution in [1.82, 2.24) is 0 Å². The van der Waals surface area contributed by atoms with Crippen molar-refractivity contribution in [1.29, 1.82) is 0 Å². The Morgan fingerprint density at radius 3 is 2.89 bits per heavy atom. The first kappa shape index (κ1) is 13.6. The van der Waals surface area contributed by atoms with Gasteiger partial charge in [0.25, 0.3) is 0 Å². The van der Waals surface area contributed by atoms with Crippen LogP contribution in [0.15, 0.2) is 18.2 Å². The lowest BCUT2D eigenvalue weighted by Crippen LogP contribution is -2.43. The van der Waals surface area contributed by atoms with Crippen LogP contribution in [0.25, 0.3) is 0 Å². The molecule has 1 aromatic rings. The third-order valence-electron chi connectivity index (χ3n) is 3.66. The predicted molar refractivity (Wildman–Crippen MR) is 72.8 cm³/mol. The fourth-order valence-corrected chi connectivity index (χ4v) is 2.86. The average Bonchev–Trinajstić information content (AvgIpc) is 2.39. The molecule has 0 aliphatic carbocycles. The maximum absolute atomic E-state index is 13.2. The van der Waals surface area contributed by atoms with Crippen molar-refractivity contribution in [2.75, 3.05) is 18.6 Å². The quantitative estimate of drug-likeness (QED) is 0.780. The number of benzene rings is 1. The Labute approximate surface area is 113 Å². The first-order chi connectivity index (χ1) is 8.65. The Balaban J connectivity index is 2.21. The third-order valence-corrected chi connectivity index (χ3v) is 3.94.